The van der Waals surface area contributed by atoms with Crippen LogP contribution in [0.5, 0.6) is 5.75 Å². The molecular formula is C89H105FN10O15. The minimum absolute atomic E-state index is 0.00719. The first-order valence-corrected chi connectivity index (χ1v) is 39.4. The summed E-state index contributed by atoms with van der Waals surface area (Å²) in [5, 5.41) is 18.0. The van der Waals surface area contributed by atoms with Gasteiger partial charge in [0.1, 0.15) is 60.5 Å². The quantitative estimate of drug-likeness (QED) is 0.0139. The van der Waals surface area contributed by atoms with Crippen LogP contribution >= 0.6 is 0 Å². The lowest BCUT2D eigenvalue weighted by atomic mass is 9.95. The maximum Gasteiger partial charge on any atom is 0.407 e. The van der Waals surface area contributed by atoms with E-state index in [1.165, 1.54) is 36.2 Å². The van der Waals surface area contributed by atoms with Gasteiger partial charge in [-0.15, -0.1) is 13.2 Å². The summed E-state index contributed by atoms with van der Waals surface area (Å²) < 4.78 is 46.4. The Kier molecular flexibility index (Phi) is 28.3. The van der Waals surface area contributed by atoms with Gasteiger partial charge in [0.25, 0.3) is 0 Å². The smallest absolute Gasteiger partial charge is 0.407 e. The van der Waals surface area contributed by atoms with E-state index < -0.39 is 119 Å². The van der Waals surface area contributed by atoms with E-state index in [0.717, 1.165) is 33.4 Å². The molecule has 3 aliphatic heterocycles. The number of esters is 1. The molecule has 25 nitrogen and oxygen atoms in total. The number of benzene rings is 6. The van der Waals surface area contributed by atoms with E-state index in [-0.39, 0.29) is 96.1 Å². The number of fused-ring (bicyclic) bond motifs is 8. The Hall–Kier alpha value is -11.5. The van der Waals surface area contributed by atoms with Gasteiger partial charge in [0.2, 0.25) is 47.3 Å². The van der Waals surface area contributed by atoms with Crippen LogP contribution in [-0.2, 0) is 107 Å². The summed E-state index contributed by atoms with van der Waals surface area (Å²) in [6.45, 7) is 16.9. The summed E-state index contributed by atoms with van der Waals surface area (Å²) in [7, 11) is 2.80. The highest BCUT2D eigenvalue weighted by Crippen LogP contribution is 2.45. The largest absolute Gasteiger partial charge is 0.497 e. The van der Waals surface area contributed by atoms with Crippen LogP contribution in [0.3, 0.4) is 0 Å². The number of amides is 9. The normalized spacial score (nSPS) is 19.1. The summed E-state index contributed by atoms with van der Waals surface area (Å²) in [6.07, 6.45) is 3.87. The molecule has 26 heteroatoms. The first-order valence-electron chi connectivity index (χ1n) is 39.4. The molecule has 1 aliphatic carbocycles. The summed E-state index contributed by atoms with van der Waals surface area (Å²) in [5.74, 6) is -6.01. The second-order valence-electron chi connectivity index (χ2n) is 31.0. The summed E-state index contributed by atoms with van der Waals surface area (Å²) in [5.41, 5.74) is 6.22. The maximum absolute atomic E-state index is 16.2. The number of hydrogen-bond acceptors (Lipinski definition) is 15. The zero-order valence-corrected chi connectivity index (χ0v) is 66.5. The van der Waals surface area contributed by atoms with Crippen molar-refractivity contribution < 1.29 is 76.0 Å². The number of methoxy groups -OCH3 is 2. The minimum Gasteiger partial charge on any atom is -0.497 e. The number of nitrogens with one attached hydrogen (secondary N) is 6. The second kappa shape index (κ2) is 38.5. The number of rotatable bonds is 30. The van der Waals surface area contributed by atoms with Crippen molar-refractivity contribution in [1.29, 1.82) is 0 Å². The fourth-order valence-corrected chi connectivity index (χ4v) is 15.9. The van der Waals surface area contributed by atoms with E-state index in [0.29, 0.717) is 77.7 Å². The summed E-state index contributed by atoms with van der Waals surface area (Å²) >= 11 is 0. The van der Waals surface area contributed by atoms with Crippen LogP contribution in [-0.4, -0.2) is 186 Å². The minimum atomic E-state index is -1.63. The lowest BCUT2D eigenvalue weighted by molar-refractivity contribution is -0.149. The van der Waals surface area contributed by atoms with E-state index in [1.807, 2.05) is 77.4 Å². The van der Waals surface area contributed by atoms with E-state index in [1.54, 1.807) is 112 Å². The van der Waals surface area contributed by atoms with Crippen LogP contribution in [0.25, 0.3) is 22.0 Å². The van der Waals surface area contributed by atoms with Gasteiger partial charge in [-0.2, -0.15) is 0 Å². The van der Waals surface area contributed by atoms with E-state index in [4.69, 9.17) is 23.7 Å². The Balaban J connectivity index is 0.868. The van der Waals surface area contributed by atoms with Gasteiger partial charge < -0.3 is 74.9 Å². The molecule has 8 atom stereocenters. The fraction of sp³-hybridized carbons (Fsp3) is 0.416. The Bertz CT molecular complexity index is 4670. The molecule has 2 fully saturated rings. The third kappa shape index (κ3) is 21.3. The van der Waals surface area contributed by atoms with Gasteiger partial charge in [0, 0.05) is 94.5 Å². The number of allylic oxidation sites excluding steroid dienone is 2. The fourth-order valence-electron chi connectivity index (χ4n) is 15.9. The highest BCUT2D eigenvalue weighted by molar-refractivity contribution is 5.99. The van der Waals surface area contributed by atoms with Crippen LogP contribution in [0, 0.1) is 5.82 Å². The van der Waals surface area contributed by atoms with Gasteiger partial charge in [-0.05, 0) is 159 Å². The average molecular weight is 1570 g/mol. The van der Waals surface area contributed by atoms with Crippen molar-refractivity contribution in [2.75, 3.05) is 53.6 Å². The van der Waals surface area contributed by atoms with Crippen molar-refractivity contribution in [3.63, 3.8) is 0 Å². The van der Waals surface area contributed by atoms with Gasteiger partial charge in [-0.25, -0.2) is 9.18 Å². The monoisotopic (exact) mass is 1570 g/mol. The first kappa shape index (κ1) is 84.4. The Morgan fingerprint density at radius 1 is 0.817 bits per heavy atom. The van der Waals surface area contributed by atoms with Gasteiger partial charge in [-0.1, -0.05) is 121 Å². The molecule has 4 heterocycles. The van der Waals surface area contributed by atoms with Crippen LogP contribution in [0.4, 0.5) is 9.18 Å². The molecule has 1 aromatic heterocycles. The molecule has 7 aromatic rings. The Labute approximate surface area is 670 Å². The standard InChI is InChI=1S/C89H105FN10O15/c1-10-12-17-43-98(77(102)36-37-78(103)112-9)52-59-28-26-57(27-29-59)38-41-91-86(109)89(7)40-19-44-100(89)85(108)72(47-58-30-33-64(111-8)34-31-58)94-82(105)79(56(3)115-88(4,5)6)96-83(106)80-75-39-45-99(80)84(107)73(49-62-53-97(42-11-2)74-35-32-63(90)50-69(62)74)93-81(104)71(48-60-20-18-21-61(46-60)51-92-76(101)55-113-75)95-87(110)114-54-70-67-24-15-13-22-65(67)66-23-14-16-25-68(66)70/h10-11,13-16,18,20-35,46,50,53,56,70-73,75,79-80H,1-2,12,17,19,36-45,47-49,51-52,54-55H2,3-9H3,(H,91,109)(H,92,101)(H,93,104)(H,94,105)(H,95,110)(H,96,106)/t56-,71+,72+,73+,75+,79+,80+,89+/m1/s1. The molecule has 11 rings (SSSR count). The van der Waals surface area contributed by atoms with Crippen LogP contribution in [0.15, 0.2) is 171 Å². The van der Waals surface area contributed by atoms with Gasteiger partial charge in [0.05, 0.1) is 38.4 Å². The first-order chi connectivity index (χ1) is 55.2. The van der Waals surface area contributed by atoms with Crippen molar-refractivity contribution in [3.05, 3.63) is 221 Å². The van der Waals surface area contributed by atoms with E-state index >= 15 is 28.4 Å². The molecule has 608 valence electrons. The van der Waals surface area contributed by atoms with Gasteiger partial charge in [-0.3, -0.25) is 43.2 Å². The average Bonchev–Trinajstić information content (AvgIpc) is 1.63. The molecular weight excluding hydrogens is 1470 g/mol. The molecule has 4 aliphatic rings. The zero-order chi connectivity index (χ0) is 82.1. The third-order valence-corrected chi connectivity index (χ3v) is 21.7. The molecule has 9 amide bonds. The lowest BCUT2D eigenvalue weighted by Crippen LogP contribution is -2.64. The number of aromatic nitrogens is 1. The number of halogens is 1. The summed E-state index contributed by atoms with van der Waals surface area (Å²) in [4.78, 5) is 151. The van der Waals surface area contributed by atoms with Gasteiger partial charge >= 0.3 is 12.1 Å². The predicted molar refractivity (Wildman–Crippen MR) is 431 cm³/mol. The molecule has 6 aromatic carbocycles. The number of nitrogens with zero attached hydrogens (tertiary/aromatic N) is 4. The van der Waals surface area contributed by atoms with Crippen molar-refractivity contribution in [3.8, 4) is 16.9 Å². The van der Waals surface area contributed by atoms with E-state index in [9.17, 15) is 24.0 Å². The molecule has 6 N–H and O–H groups in total. The number of alkyl carbamates (subject to hydrolysis) is 1. The number of carbonyl (C=O) groups is 10. The van der Waals surface area contributed by atoms with Crippen LogP contribution in [0.1, 0.15) is 130 Å². The lowest BCUT2D eigenvalue weighted by Gasteiger charge is -2.37. The number of hydrogen-bond donors (Lipinski definition) is 6. The van der Waals surface area contributed by atoms with Crippen LogP contribution in [0.2, 0.25) is 0 Å². The second-order valence-corrected chi connectivity index (χ2v) is 31.0. The number of likely N-dealkylation sites (tertiary alicyclic amines) is 1. The highest BCUT2D eigenvalue weighted by Gasteiger charge is 2.50. The van der Waals surface area contributed by atoms with E-state index in [2.05, 4.69) is 45.1 Å². The molecule has 0 radical (unpaired) electrons. The highest BCUT2D eigenvalue weighted by atomic mass is 19.1. The van der Waals surface area contributed by atoms with Gasteiger partial charge in [0.15, 0.2) is 0 Å². The predicted octanol–water partition coefficient (Wildman–Crippen LogP) is 9.17. The maximum atomic E-state index is 16.2. The Morgan fingerprint density at radius 2 is 1.52 bits per heavy atom. The SMILES string of the molecule is C=CCCCN(Cc1ccc(CCNC(=O)[C@]2(C)CCCN2C(=O)[C@H](Cc2ccc(OC)cc2)NC(=O)[C@@H](NC(=O)[C@@H]2[C@@H]3CCN2C(=O)[C@H](Cc2cn(CC=C)c4ccc(F)cc24)NC(=O)[C@@H](NC(=O)OCC2c4ccccc4-c4ccccc42)Cc2cccc(c2)CNC(=O)CO3)[C@@H](C)OC(C)(C)C)cc1)C(=O)CCC(=O)OC. The zero-order valence-electron chi connectivity index (χ0n) is 66.5. The molecule has 115 heavy (non-hydrogen) atoms. The Morgan fingerprint density at radius 3 is 2.22 bits per heavy atom. The molecule has 0 saturated carbocycles. The van der Waals surface area contributed by atoms with Crippen molar-refractivity contribution >= 4 is 70.2 Å². The number of ether oxygens (including phenoxy) is 5. The molecule has 0 unspecified atom stereocenters. The summed E-state index contributed by atoms with van der Waals surface area (Å²) in [6, 6.07) is 34.0. The number of carbonyl (C=O) groups excluding carboxylic acids is 10. The van der Waals surface area contributed by atoms with Crippen molar-refractivity contribution in [2.24, 2.45) is 0 Å². The molecule has 0 spiro atoms. The molecule has 2 saturated heterocycles. The topological polar surface area (TPSA) is 304 Å². The third-order valence-electron chi connectivity index (χ3n) is 21.7. The molecule has 4 bridgehead atoms. The van der Waals surface area contributed by atoms with Crippen molar-refractivity contribution in [1.82, 2.24) is 51.2 Å². The van der Waals surface area contributed by atoms with Crippen LogP contribution < -0.4 is 36.6 Å². The number of unbranched alkanes of at least 4 members (excludes halogenated alkanes) is 1. The van der Waals surface area contributed by atoms with Crippen molar-refractivity contribution in [2.45, 2.75) is 184 Å².